The molecule has 0 spiro atoms. The van der Waals surface area contributed by atoms with Crippen molar-refractivity contribution in [3.05, 3.63) is 17.7 Å². The number of anilines is 1. The van der Waals surface area contributed by atoms with E-state index in [1.54, 1.807) is 12.1 Å². The minimum absolute atomic E-state index is 0. The van der Waals surface area contributed by atoms with E-state index in [0.29, 0.717) is 11.7 Å². The highest BCUT2D eigenvalue weighted by atomic mass is 35.5. The first-order chi connectivity index (χ1) is 7.93. The lowest BCUT2D eigenvalue weighted by molar-refractivity contribution is -0.118. The van der Waals surface area contributed by atoms with Gasteiger partial charge in [-0.2, -0.15) is 4.98 Å². The van der Waals surface area contributed by atoms with Gasteiger partial charge in [-0.25, -0.2) is 0 Å². The van der Waals surface area contributed by atoms with Crippen LogP contribution >= 0.6 is 12.4 Å². The van der Waals surface area contributed by atoms with Gasteiger partial charge in [0.2, 0.25) is 11.8 Å². The Morgan fingerprint density at radius 1 is 1.39 bits per heavy atom. The molecular weight excluding hydrogens is 254 g/mol. The maximum atomic E-state index is 11.6. The number of amides is 1. The molecule has 0 aromatic carbocycles. The quantitative estimate of drug-likeness (QED) is 0.881. The van der Waals surface area contributed by atoms with Crippen molar-refractivity contribution in [2.75, 3.05) is 12.4 Å². The summed E-state index contributed by atoms with van der Waals surface area (Å²) in [6.07, 6.45) is 0. The fourth-order valence-electron chi connectivity index (χ4n) is 1.23. The second-order valence-corrected chi connectivity index (χ2v) is 4.26. The monoisotopic (exact) mass is 273 g/mol. The molecule has 0 aliphatic carbocycles. The predicted molar refractivity (Wildman–Crippen MR) is 74.1 cm³/mol. The molecule has 1 aromatic rings. The van der Waals surface area contributed by atoms with Crippen molar-refractivity contribution in [2.24, 2.45) is 11.7 Å². The topological polar surface area (TPSA) is 77.2 Å². The molecule has 0 saturated carbocycles. The largest absolute Gasteiger partial charge is 0.481 e. The van der Waals surface area contributed by atoms with Crippen LogP contribution in [0.3, 0.4) is 0 Å². The fourth-order valence-corrected chi connectivity index (χ4v) is 1.23. The van der Waals surface area contributed by atoms with Gasteiger partial charge in [0.25, 0.3) is 0 Å². The molecule has 0 saturated heterocycles. The lowest BCUT2D eigenvalue weighted by atomic mass is 10.1. The van der Waals surface area contributed by atoms with Crippen LogP contribution < -0.4 is 15.8 Å². The zero-order valence-electron chi connectivity index (χ0n) is 11.1. The van der Waals surface area contributed by atoms with Gasteiger partial charge in [-0.1, -0.05) is 13.8 Å². The number of methoxy groups -OCH3 is 1. The molecule has 0 aliphatic heterocycles. The molecule has 1 aromatic heterocycles. The predicted octanol–water partition coefficient (Wildman–Crippen LogP) is 2.13. The molecule has 1 heterocycles. The van der Waals surface area contributed by atoms with Crippen molar-refractivity contribution in [1.29, 1.82) is 0 Å². The van der Waals surface area contributed by atoms with Crippen molar-refractivity contribution in [3.63, 3.8) is 0 Å². The Balaban J connectivity index is 0.00000289. The highest BCUT2D eigenvalue weighted by Gasteiger charge is 2.11. The first-order valence-electron chi connectivity index (χ1n) is 5.56. The van der Waals surface area contributed by atoms with Crippen molar-refractivity contribution < 1.29 is 9.53 Å². The Bertz CT molecular complexity index is 408. The standard InChI is InChI=1S/C12H19N3O2.ClH/c1-7(2)12(16)15-10-5-9(8(3)13)6-11(14-10)17-4;/h5-8H,13H2,1-4H3,(H,14,15,16);1H. The van der Waals surface area contributed by atoms with Crippen LogP contribution in [0.5, 0.6) is 5.88 Å². The van der Waals surface area contributed by atoms with E-state index < -0.39 is 0 Å². The van der Waals surface area contributed by atoms with E-state index in [1.165, 1.54) is 7.11 Å². The van der Waals surface area contributed by atoms with Crippen LogP contribution in [-0.4, -0.2) is 18.0 Å². The Morgan fingerprint density at radius 3 is 2.44 bits per heavy atom. The normalized spacial score (nSPS) is 11.7. The Kier molecular flexibility index (Phi) is 6.65. The van der Waals surface area contributed by atoms with Crippen LogP contribution in [0.4, 0.5) is 5.82 Å². The van der Waals surface area contributed by atoms with Crippen LogP contribution in [0, 0.1) is 5.92 Å². The minimum atomic E-state index is -0.137. The summed E-state index contributed by atoms with van der Waals surface area (Å²) in [5.41, 5.74) is 6.67. The summed E-state index contributed by atoms with van der Waals surface area (Å²) in [4.78, 5) is 15.7. The molecule has 1 rings (SSSR count). The maximum absolute atomic E-state index is 11.6. The van der Waals surface area contributed by atoms with Gasteiger partial charge in [0.1, 0.15) is 5.82 Å². The molecule has 6 heteroatoms. The third kappa shape index (κ3) is 4.50. The number of nitrogens with zero attached hydrogens (tertiary/aromatic N) is 1. The second kappa shape index (κ2) is 7.18. The molecule has 0 radical (unpaired) electrons. The van der Waals surface area contributed by atoms with Gasteiger partial charge in [-0.15, -0.1) is 12.4 Å². The number of ether oxygens (including phenoxy) is 1. The number of pyridine rings is 1. The van der Waals surface area contributed by atoms with E-state index in [2.05, 4.69) is 10.3 Å². The zero-order valence-corrected chi connectivity index (χ0v) is 11.9. The number of nitrogens with one attached hydrogen (secondary N) is 1. The van der Waals surface area contributed by atoms with Crippen LogP contribution in [-0.2, 0) is 4.79 Å². The third-order valence-electron chi connectivity index (χ3n) is 2.33. The average Bonchev–Trinajstić information content (AvgIpc) is 2.28. The van der Waals surface area contributed by atoms with Gasteiger partial charge in [0.05, 0.1) is 7.11 Å². The van der Waals surface area contributed by atoms with Crippen LogP contribution in [0.15, 0.2) is 12.1 Å². The first kappa shape index (κ1) is 16.7. The summed E-state index contributed by atoms with van der Waals surface area (Å²) < 4.78 is 5.07. The highest BCUT2D eigenvalue weighted by Crippen LogP contribution is 2.20. The summed E-state index contributed by atoms with van der Waals surface area (Å²) in [6.45, 7) is 5.51. The Morgan fingerprint density at radius 2 is 2.00 bits per heavy atom. The summed E-state index contributed by atoms with van der Waals surface area (Å²) in [7, 11) is 1.53. The molecule has 18 heavy (non-hydrogen) atoms. The summed E-state index contributed by atoms with van der Waals surface area (Å²) >= 11 is 0. The van der Waals surface area contributed by atoms with E-state index in [0.717, 1.165) is 5.56 Å². The van der Waals surface area contributed by atoms with E-state index in [-0.39, 0.29) is 30.3 Å². The molecule has 1 atom stereocenters. The lowest BCUT2D eigenvalue weighted by Crippen LogP contribution is -2.19. The number of hydrogen-bond acceptors (Lipinski definition) is 4. The second-order valence-electron chi connectivity index (χ2n) is 4.26. The molecule has 1 unspecified atom stereocenters. The number of carbonyl (C=O) groups is 1. The number of halogens is 1. The first-order valence-corrected chi connectivity index (χ1v) is 5.56. The average molecular weight is 274 g/mol. The molecule has 3 N–H and O–H groups in total. The van der Waals surface area contributed by atoms with Gasteiger partial charge in [-0.05, 0) is 18.6 Å². The van der Waals surface area contributed by atoms with Crippen molar-refractivity contribution in [2.45, 2.75) is 26.8 Å². The van der Waals surface area contributed by atoms with Crippen LogP contribution in [0.1, 0.15) is 32.4 Å². The summed E-state index contributed by atoms with van der Waals surface area (Å²) in [6, 6.07) is 3.38. The Hall–Kier alpha value is -1.33. The molecule has 0 aliphatic rings. The van der Waals surface area contributed by atoms with E-state index >= 15 is 0 Å². The minimum Gasteiger partial charge on any atom is -0.481 e. The molecule has 102 valence electrons. The summed E-state index contributed by atoms with van der Waals surface area (Å²) in [5, 5.41) is 2.73. The number of carbonyl (C=O) groups excluding carboxylic acids is 1. The third-order valence-corrected chi connectivity index (χ3v) is 2.33. The van der Waals surface area contributed by atoms with E-state index in [1.807, 2.05) is 20.8 Å². The van der Waals surface area contributed by atoms with Crippen LogP contribution in [0.2, 0.25) is 0 Å². The van der Waals surface area contributed by atoms with Gasteiger partial charge < -0.3 is 15.8 Å². The van der Waals surface area contributed by atoms with Gasteiger partial charge in [0, 0.05) is 18.0 Å². The number of rotatable bonds is 4. The number of hydrogen-bond donors (Lipinski definition) is 2. The highest BCUT2D eigenvalue weighted by molar-refractivity contribution is 5.91. The van der Waals surface area contributed by atoms with Gasteiger partial charge in [0.15, 0.2) is 0 Å². The molecule has 0 bridgehead atoms. The van der Waals surface area contributed by atoms with E-state index in [4.69, 9.17) is 10.5 Å². The Labute approximate surface area is 114 Å². The summed E-state index contributed by atoms with van der Waals surface area (Å²) in [5.74, 6) is 0.734. The molecule has 0 fully saturated rings. The van der Waals surface area contributed by atoms with Crippen molar-refractivity contribution in [3.8, 4) is 5.88 Å². The van der Waals surface area contributed by atoms with E-state index in [9.17, 15) is 4.79 Å². The smallest absolute Gasteiger partial charge is 0.228 e. The van der Waals surface area contributed by atoms with Crippen molar-refractivity contribution >= 4 is 24.1 Å². The molecule has 1 amide bonds. The molecular formula is C12H20ClN3O2. The van der Waals surface area contributed by atoms with Crippen molar-refractivity contribution in [1.82, 2.24) is 4.98 Å². The maximum Gasteiger partial charge on any atom is 0.228 e. The number of nitrogens with two attached hydrogens (primary N) is 1. The van der Waals surface area contributed by atoms with Crippen LogP contribution in [0.25, 0.3) is 0 Å². The van der Waals surface area contributed by atoms with Gasteiger partial charge in [-0.3, -0.25) is 4.79 Å². The number of aromatic nitrogens is 1. The molecule has 5 nitrogen and oxygen atoms in total. The van der Waals surface area contributed by atoms with Gasteiger partial charge >= 0.3 is 0 Å². The zero-order chi connectivity index (χ0) is 13.0. The SMILES string of the molecule is COc1cc(C(C)N)cc(NC(=O)C(C)C)n1.Cl. The lowest BCUT2D eigenvalue weighted by Gasteiger charge is -2.12. The fraction of sp³-hybridized carbons (Fsp3) is 0.500.